The van der Waals surface area contributed by atoms with Crippen molar-refractivity contribution in [1.82, 2.24) is 9.27 Å². The zero-order valence-electron chi connectivity index (χ0n) is 8.36. The Kier molecular flexibility index (Phi) is 2.88. The lowest BCUT2D eigenvalue weighted by Crippen LogP contribution is -2.39. The molecule has 1 fully saturated rings. The third-order valence-electron chi connectivity index (χ3n) is 2.50. The lowest BCUT2D eigenvalue weighted by molar-refractivity contribution is 0.261. The number of nitrogens with zero attached hydrogens (tertiary/aromatic N) is 2. The van der Waals surface area contributed by atoms with Gasteiger partial charge in [-0.2, -0.15) is 4.37 Å². The first-order chi connectivity index (χ1) is 6.74. The fraction of sp³-hybridized carbons (Fsp3) is 0.667. The molecule has 0 spiro atoms. The molecule has 2 rings (SSSR count). The number of nitrogens with two attached hydrogens (primary N) is 1. The molecule has 3 N–H and O–H groups in total. The average molecular weight is 212 g/mol. The number of anilines is 2. The van der Waals surface area contributed by atoms with E-state index in [0.29, 0.717) is 11.9 Å². The van der Waals surface area contributed by atoms with Gasteiger partial charge in [-0.15, -0.1) is 0 Å². The maximum atomic E-state index is 5.56. The highest BCUT2D eigenvalue weighted by Crippen LogP contribution is 2.21. The minimum Gasteiger partial charge on any atom is -0.383 e. The van der Waals surface area contributed by atoms with Gasteiger partial charge in [0.25, 0.3) is 0 Å². The number of nitrogens with one attached hydrogen (secondary N) is 1. The van der Waals surface area contributed by atoms with Crippen molar-refractivity contribution >= 4 is 22.4 Å². The van der Waals surface area contributed by atoms with Gasteiger partial charge in [-0.05, 0) is 38.0 Å². The van der Waals surface area contributed by atoms with Gasteiger partial charge in [0.1, 0.15) is 10.8 Å². The summed E-state index contributed by atoms with van der Waals surface area (Å²) in [5, 5.41) is 4.55. The molecular formula is C9H16N4S. The summed E-state index contributed by atoms with van der Waals surface area (Å²) in [6.07, 6.45) is 2.50. The highest BCUT2D eigenvalue weighted by molar-refractivity contribution is 7.10. The zero-order valence-corrected chi connectivity index (χ0v) is 9.18. The van der Waals surface area contributed by atoms with E-state index >= 15 is 0 Å². The first-order valence-corrected chi connectivity index (χ1v) is 5.68. The second-order valence-corrected chi connectivity index (χ2v) is 4.67. The molecule has 14 heavy (non-hydrogen) atoms. The number of likely N-dealkylation sites (N-methyl/N-ethyl adjacent to an activating group) is 1. The highest BCUT2D eigenvalue weighted by Gasteiger charge is 2.17. The summed E-state index contributed by atoms with van der Waals surface area (Å²) < 4.78 is 4.04. The van der Waals surface area contributed by atoms with E-state index in [1.807, 2.05) is 6.07 Å². The molecule has 0 bridgehead atoms. The third-order valence-corrected chi connectivity index (χ3v) is 3.23. The Labute approximate surface area is 88.3 Å². The SMILES string of the molecule is CN1CCCC(Nc2cc(N)ns2)C1. The van der Waals surface area contributed by atoms with Gasteiger partial charge in [-0.1, -0.05) is 0 Å². The Bertz CT molecular complexity index is 299. The molecule has 0 amide bonds. The van der Waals surface area contributed by atoms with E-state index in [2.05, 4.69) is 21.6 Å². The second-order valence-electron chi connectivity index (χ2n) is 3.86. The first-order valence-electron chi connectivity index (χ1n) is 4.91. The third kappa shape index (κ3) is 2.36. The number of aromatic nitrogens is 1. The fourth-order valence-corrected chi connectivity index (χ4v) is 2.49. The summed E-state index contributed by atoms with van der Waals surface area (Å²) in [6, 6.07) is 2.45. The Hall–Kier alpha value is -0.810. The van der Waals surface area contributed by atoms with E-state index in [-0.39, 0.29) is 0 Å². The van der Waals surface area contributed by atoms with Crippen LogP contribution in [0.25, 0.3) is 0 Å². The molecule has 1 aromatic heterocycles. The first kappa shape index (κ1) is 9.73. The highest BCUT2D eigenvalue weighted by atomic mass is 32.1. The van der Waals surface area contributed by atoms with Crippen LogP contribution in [0.2, 0.25) is 0 Å². The number of hydrogen-bond acceptors (Lipinski definition) is 5. The minimum absolute atomic E-state index is 0.550. The van der Waals surface area contributed by atoms with E-state index < -0.39 is 0 Å². The summed E-state index contributed by atoms with van der Waals surface area (Å²) in [5.74, 6) is 0.613. The van der Waals surface area contributed by atoms with Crippen molar-refractivity contribution < 1.29 is 0 Å². The maximum absolute atomic E-state index is 5.56. The van der Waals surface area contributed by atoms with E-state index in [9.17, 15) is 0 Å². The van der Waals surface area contributed by atoms with Crippen molar-refractivity contribution in [2.45, 2.75) is 18.9 Å². The Morgan fingerprint density at radius 2 is 2.57 bits per heavy atom. The van der Waals surface area contributed by atoms with Gasteiger partial charge in [0.2, 0.25) is 0 Å². The minimum atomic E-state index is 0.550. The van der Waals surface area contributed by atoms with E-state index in [0.717, 1.165) is 11.5 Å². The van der Waals surface area contributed by atoms with Crippen LogP contribution in [0.1, 0.15) is 12.8 Å². The molecule has 1 unspecified atom stereocenters. The lowest BCUT2D eigenvalue weighted by Gasteiger charge is -2.30. The van der Waals surface area contributed by atoms with E-state index in [1.165, 1.54) is 30.9 Å². The van der Waals surface area contributed by atoms with Crippen LogP contribution in [-0.4, -0.2) is 35.5 Å². The van der Waals surface area contributed by atoms with Crippen molar-refractivity contribution in [3.63, 3.8) is 0 Å². The van der Waals surface area contributed by atoms with Crippen LogP contribution < -0.4 is 11.1 Å². The zero-order chi connectivity index (χ0) is 9.97. The summed E-state index contributed by atoms with van der Waals surface area (Å²) in [6.45, 7) is 2.32. The quantitative estimate of drug-likeness (QED) is 0.774. The number of nitrogen functional groups attached to an aromatic ring is 1. The van der Waals surface area contributed by atoms with Crippen LogP contribution in [-0.2, 0) is 0 Å². The van der Waals surface area contributed by atoms with Crippen molar-refractivity contribution in [1.29, 1.82) is 0 Å². The molecule has 2 heterocycles. The molecule has 1 aromatic rings. The number of rotatable bonds is 2. The Balaban J connectivity index is 1.90. The van der Waals surface area contributed by atoms with Crippen molar-refractivity contribution in [2.24, 2.45) is 0 Å². The molecule has 78 valence electrons. The normalized spacial score (nSPS) is 23.6. The van der Waals surface area contributed by atoms with Crippen molar-refractivity contribution in [3.05, 3.63) is 6.07 Å². The molecule has 5 heteroatoms. The molecule has 1 saturated heterocycles. The van der Waals surface area contributed by atoms with Gasteiger partial charge in [-0.25, -0.2) is 0 Å². The largest absolute Gasteiger partial charge is 0.383 e. The summed E-state index contributed by atoms with van der Waals surface area (Å²) in [5.41, 5.74) is 5.56. The van der Waals surface area contributed by atoms with Gasteiger partial charge < -0.3 is 16.0 Å². The summed E-state index contributed by atoms with van der Waals surface area (Å²) >= 11 is 1.44. The number of likely N-dealkylation sites (tertiary alicyclic amines) is 1. The Morgan fingerprint density at radius 3 is 3.21 bits per heavy atom. The molecular weight excluding hydrogens is 196 g/mol. The van der Waals surface area contributed by atoms with Crippen molar-refractivity contribution in [2.75, 3.05) is 31.2 Å². The van der Waals surface area contributed by atoms with Crippen LogP contribution in [0.5, 0.6) is 0 Å². The molecule has 0 aromatic carbocycles. The molecule has 0 saturated carbocycles. The van der Waals surface area contributed by atoms with Crippen LogP contribution in [0.3, 0.4) is 0 Å². The van der Waals surface area contributed by atoms with Crippen molar-refractivity contribution in [3.8, 4) is 0 Å². The molecule has 1 aliphatic heterocycles. The van der Waals surface area contributed by atoms with Crippen LogP contribution in [0, 0.1) is 0 Å². The molecule has 4 nitrogen and oxygen atoms in total. The molecule has 0 aliphatic carbocycles. The Morgan fingerprint density at radius 1 is 1.71 bits per heavy atom. The van der Waals surface area contributed by atoms with Gasteiger partial charge in [0, 0.05) is 18.7 Å². The fourth-order valence-electron chi connectivity index (χ4n) is 1.84. The van der Waals surface area contributed by atoms with Gasteiger partial charge >= 0.3 is 0 Å². The number of hydrogen-bond donors (Lipinski definition) is 2. The maximum Gasteiger partial charge on any atom is 0.139 e. The topological polar surface area (TPSA) is 54.2 Å². The number of piperidine rings is 1. The van der Waals surface area contributed by atoms with E-state index in [4.69, 9.17) is 5.73 Å². The van der Waals surface area contributed by atoms with Gasteiger partial charge in [-0.3, -0.25) is 0 Å². The van der Waals surface area contributed by atoms with Crippen LogP contribution in [0.4, 0.5) is 10.8 Å². The monoisotopic (exact) mass is 212 g/mol. The van der Waals surface area contributed by atoms with Crippen LogP contribution in [0.15, 0.2) is 6.07 Å². The second kappa shape index (κ2) is 4.14. The van der Waals surface area contributed by atoms with Gasteiger partial charge in [0.15, 0.2) is 0 Å². The molecule has 0 radical (unpaired) electrons. The molecule has 1 aliphatic rings. The smallest absolute Gasteiger partial charge is 0.139 e. The molecule has 1 atom stereocenters. The van der Waals surface area contributed by atoms with Crippen LogP contribution >= 0.6 is 11.5 Å². The standard InChI is InChI=1S/C9H16N4S/c1-13-4-2-3-7(6-13)11-9-5-8(10)12-14-9/h5,7,11H,2-4,6H2,1H3,(H2,10,12). The summed E-state index contributed by atoms with van der Waals surface area (Å²) in [7, 11) is 2.16. The summed E-state index contributed by atoms with van der Waals surface area (Å²) in [4.78, 5) is 2.35. The average Bonchev–Trinajstić information content (AvgIpc) is 2.51. The predicted molar refractivity (Wildman–Crippen MR) is 60.7 cm³/mol. The van der Waals surface area contributed by atoms with E-state index in [1.54, 1.807) is 0 Å². The van der Waals surface area contributed by atoms with Gasteiger partial charge in [0.05, 0.1) is 0 Å². The lowest BCUT2D eigenvalue weighted by atomic mass is 10.1. The predicted octanol–water partition coefficient (Wildman–Crippen LogP) is 1.23.